The van der Waals surface area contributed by atoms with E-state index in [0.29, 0.717) is 45.2 Å². The van der Waals surface area contributed by atoms with Gasteiger partial charge >= 0.3 is 0 Å². The molecule has 1 aromatic carbocycles. The molecule has 188 valence electrons. The number of halogens is 1. The van der Waals surface area contributed by atoms with Gasteiger partial charge in [0.1, 0.15) is 22.7 Å². The predicted octanol–water partition coefficient (Wildman–Crippen LogP) is 6.91. The van der Waals surface area contributed by atoms with Crippen LogP contribution in [0.15, 0.2) is 91.3 Å². The van der Waals surface area contributed by atoms with E-state index in [1.54, 1.807) is 29.9 Å². The summed E-state index contributed by atoms with van der Waals surface area (Å²) in [5, 5.41) is 12.7. The van der Waals surface area contributed by atoms with E-state index in [0.717, 1.165) is 21.7 Å². The second-order valence-corrected chi connectivity index (χ2v) is 9.78. The van der Waals surface area contributed by atoms with Crippen LogP contribution in [0.3, 0.4) is 0 Å². The summed E-state index contributed by atoms with van der Waals surface area (Å²) in [4.78, 5) is 22.3. The summed E-state index contributed by atoms with van der Waals surface area (Å²) in [6.07, 6.45) is 6.47. The normalized spacial score (nSPS) is 11.3. The van der Waals surface area contributed by atoms with E-state index in [2.05, 4.69) is 42.0 Å². The highest BCUT2D eigenvalue weighted by molar-refractivity contribution is 7.13. The van der Waals surface area contributed by atoms with Crippen LogP contribution in [-0.4, -0.2) is 35.1 Å². The molecule has 0 saturated heterocycles. The van der Waals surface area contributed by atoms with Crippen molar-refractivity contribution < 1.29 is 4.39 Å². The van der Waals surface area contributed by atoms with Crippen molar-refractivity contribution >= 4 is 44.8 Å². The molecule has 6 heterocycles. The van der Waals surface area contributed by atoms with E-state index in [9.17, 15) is 0 Å². The van der Waals surface area contributed by atoms with E-state index < -0.39 is 5.82 Å². The van der Waals surface area contributed by atoms with Crippen molar-refractivity contribution in [2.75, 3.05) is 5.32 Å². The first-order valence-corrected chi connectivity index (χ1v) is 12.9. The van der Waals surface area contributed by atoms with Crippen molar-refractivity contribution in [2.45, 2.75) is 0 Å². The number of fused-ring (bicyclic) bond motifs is 2. The highest BCUT2D eigenvalue weighted by Gasteiger charge is 2.21. The molecule has 0 fully saturated rings. The van der Waals surface area contributed by atoms with Crippen molar-refractivity contribution in [2.24, 2.45) is 0 Å². The molecule has 3 N–H and O–H groups in total. The third-order valence-electron chi connectivity index (χ3n) is 6.37. The molecular formula is C29H19FN8S. The first-order chi connectivity index (χ1) is 19.2. The number of nitrogens with one attached hydrogen (secondary N) is 3. The van der Waals surface area contributed by atoms with Gasteiger partial charge in [-0.3, -0.25) is 15.1 Å². The van der Waals surface area contributed by atoms with Crippen LogP contribution in [0.4, 0.5) is 10.1 Å². The summed E-state index contributed by atoms with van der Waals surface area (Å²) in [5.74, 6) is -0.0470. The Balaban J connectivity index is 1.29. The summed E-state index contributed by atoms with van der Waals surface area (Å²) >= 11 is 1.58. The molecule has 0 saturated carbocycles. The van der Waals surface area contributed by atoms with Gasteiger partial charge in [-0.05, 0) is 29.1 Å². The summed E-state index contributed by atoms with van der Waals surface area (Å²) in [7, 11) is 0. The molecule has 10 heteroatoms. The van der Waals surface area contributed by atoms with Gasteiger partial charge in [-0.25, -0.2) is 14.4 Å². The largest absolute Gasteiger partial charge is 0.354 e. The van der Waals surface area contributed by atoms with Crippen molar-refractivity contribution in [3.8, 4) is 33.2 Å². The minimum Gasteiger partial charge on any atom is -0.354 e. The maximum Gasteiger partial charge on any atom is 0.159 e. The third-order valence-corrected chi connectivity index (χ3v) is 7.25. The molecule has 0 bridgehead atoms. The lowest BCUT2D eigenvalue weighted by Crippen LogP contribution is -1.98. The number of benzene rings is 1. The number of hydrogen-bond donors (Lipinski definition) is 3. The molecule has 0 spiro atoms. The van der Waals surface area contributed by atoms with Gasteiger partial charge in [0.05, 0.1) is 27.7 Å². The molecule has 0 radical (unpaired) electrons. The Bertz CT molecular complexity index is 1980. The van der Waals surface area contributed by atoms with Crippen molar-refractivity contribution in [3.63, 3.8) is 0 Å². The van der Waals surface area contributed by atoms with Crippen molar-refractivity contribution in [1.82, 2.24) is 35.1 Å². The van der Waals surface area contributed by atoms with Crippen LogP contribution in [0.5, 0.6) is 0 Å². The topological polar surface area (TPSA) is 108 Å². The smallest absolute Gasteiger partial charge is 0.159 e. The van der Waals surface area contributed by atoms with E-state index >= 15 is 4.39 Å². The Labute approximate surface area is 225 Å². The number of thiophene rings is 1. The van der Waals surface area contributed by atoms with Gasteiger partial charge in [-0.1, -0.05) is 43.0 Å². The lowest BCUT2D eigenvalue weighted by Gasteiger charge is -2.11. The van der Waals surface area contributed by atoms with Gasteiger partial charge in [0.25, 0.3) is 0 Å². The van der Waals surface area contributed by atoms with E-state index in [-0.39, 0.29) is 5.39 Å². The van der Waals surface area contributed by atoms with Crippen LogP contribution in [0.2, 0.25) is 0 Å². The van der Waals surface area contributed by atoms with E-state index in [1.165, 1.54) is 6.20 Å². The molecular weight excluding hydrogens is 511 g/mol. The Kier molecular flexibility index (Phi) is 5.45. The lowest BCUT2D eigenvalue weighted by atomic mass is 10.1. The molecule has 7 rings (SSSR count). The van der Waals surface area contributed by atoms with Gasteiger partial charge in [0, 0.05) is 35.4 Å². The van der Waals surface area contributed by atoms with Crippen LogP contribution in [-0.2, 0) is 0 Å². The molecule has 0 atom stereocenters. The number of hydrogen-bond acceptors (Lipinski definition) is 7. The zero-order valence-electron chi connectivity index (χ0n) is 20.3. The van der Waals surface area contributed by atoms with Crippen molar-refractivity contribution in [1.29, 1.82) is 0 Å². The van der Waals surface area contributed by atoms with Crippen LogP contribution in [0.1, 0.15) is 5.56 Å². The van der Waals surface area contributed by atoms with E-state index in [4.69, 9.17) is 4.98 Å². The van der Waals surface area contributed by atoms with Crippen LogP contribution in [0.25, 0.3) is 61.0 Å². The first-order valence-electron chi connectivity index (χ1n) is 12.0. The maximum absolute atomic E-state index is 16.1. The van der Waals surface area contributed by atoms with E-state index in [1.807, 2.05) is 60.0 Å². The number of aromatic amines is 2. The minimum atomic E-state index is -0.471. The number of nitrogens with zero attached hydrogens (tertiary/aromatic N) is 5. The van der Waals surface area contributed by atoms with Crippen LogP contribution in [0, 0.1) is 5.82 Å². The molecule has 0 aliphatic carbocycles. The fourth-order valence-corrected chi connectivity index (χ4v) is 5.23. The molecule has 0 aliphatic rings. The van der Waals surface area contributed by atoms with Gasteiger partial charge in [-0.2, -0.15) is 5.10 Å². The SMILES string of the molecule is C=C(Nc1cncc(-c2cnc3[nH]nc(-c4nc5c(-c6cccs6)nccc5[nH]4)c3c2F)c1)c1ccccc1. The molecule has 7 aromatic rings. The summed E-state index contributed by atoms with van der Waals surface area (Å²) in [6, 6.07) is 17.4. The Hall–Kier alpha value is -5.22. The Morgan fingerprint density at radius 1 is 0.974 bits per heavy atom. The first kappa shape index (κ1) is 22.9. The number of pyridine rings is 3. The summed E-state index contributed by atoms with van der Waals surface area (Å²) < 4.78 is 16.1. The lowest BCUT2D eigenvalue weighted by molar-refractivity contribution is 0.642. The summed E-state index contributed by atoms with van der Waals surface area (Å²) in [6.45, 7) is 4.11. The third kappa shape index (κ3) is 4.03. The zero-order chi connectivity index (χ0) is 26.3. The van der Waals surface area contributed by atoms with Gasteiger partial charge in [0.15, 0.2) is 11.5 Å². The predicted molar refractivity (Wildman–Crippen MR) is 152 cm³/mol. The maximum atomic E-state index is 16.1. The minimum absolute atomic E-state index is 0.240. The fraction of sp³-hybridized carbons (Fsp3) is 0. The standard InChI is InChI=1S/C29H19FN8S/c1-16(17-6-3-2-4-7-17)34-19-12-18(13-31-14-19)20-15-33-28-23(24(20)30)27(37-38-28)29-35-21-9-10-32-26(25(21)36-29)22-8-5-11-39-22/h2-15,34H,1H2,(H,35,36)(H,33,37,38). The Morgan fingerprint density at radius 3 is 2.72 bits per heavy atom. The fourth-order valence-electron chi connectivity index (χ4n) is 4.51. The number of H-pyrrole nitrogens is 2. The quantitative estimate of drug-likeness (QED) is 0.216. The van der Waals surface area contributed by atoms with Gasteiger partial charge < -0.3 is 10.3 Å². The Morgan fingerprint density at radius 2 is 1.87 bits per heavy atom. The zero-order valence-corrected chi connectivity index (χ0v) is 21.1. The molecule has 0 amide bonds. The highest BCUT2D eigenvalue weighted by Crippen LogP contribution is 2.35. The molecule has 0 unspecified atom stereocenters. The number of imidazole rings is 1. The highest BCUT2D eigenvalue weighted by atomic mass is 32.1. The summed E-state index contributed by atoms with van der Waals surface area (Å²) in [5.41, 5.74) is 6.09. The van der Waals surface area contributed by atoms with Crippen LogP contribution >= 0.6 is 11.3 Å². The van der Waals surface area contributed by atoms with Crippen LogP contribution < -0.4 is 5.32 Å². The number of anilines is 1. The molecule has 0 aliphatic heterocycles. The number of aromatic nitrogens is 7. The number of rotatable bonds is 6. The average Bonchev–Trinajstić information content (AvgIpc) is 3.73. The molecule has 6 aromatic heterocycles. The van der Waals surface area contributed by atoms with Gasteiger partial charge in [-0.15, -0.1) is 11.3 Å². The van der Waals surface area contributed by atoms with Gasteiger partial charge in [0.2, 0.25) is 0 Å². The average molecular weight is 531 g/mol. The monoisotopic (exact) mass is 530 g/mol. The molecule has 39 heavy (non-hydrogen) atoms. The second kappa shape index (κ2) is 9.26. The second-order valence-electron chi connectivity index (χ2n) is 8.83. The molecule has 8 nitrogen and oxygen atoms in total. The van der Waals surface area contributed by atoms with Crippen molar-refractivity contribution in [3.05, 3.63) is 103 Å².